The molecule has 1 atom stereocenters. The van der Waals surface area contributed by atoms with Crippen molar-refractivity contribution in [3.8, 4) is 0 Å². The zero-order valence-electron chi connectivity index (χ0n) is 13.2. The van der Waals surface area contributed by atoms with Crippen LogP contribution in [0, 0.1) is 6.92 Å². The van der Waals surface area contributed by atoms with Gasteiger partial charge in [-0.25, -0.2) is 4.98 Å². The minimum absolute atomic E-state index is 0.0428. The molecule has 1 saturated carbocycles. The van der Waals surface area contributed by atoms with Crippen LogP contribution in [0.1, 0.15) is 25.0 Å². The zero-order chi connectivity index (χ0) is 16.1. The summed E-state index contributed by atoms with van der Waals surface area (Å²) in [5.41, 5.74) is 1.05. The maximum Gasteiger partial charge on any atom is 0.250 e. The second kappa shape index (κ2) is 5.48. The van der Waals surface area contributed by atoms with Crippen LogP contribution in [-0.2, 0) is 9.53 Å². The number of carbonyl (C=O) groups is 1. The number of hydrogen-bond acceptors (Lipinski definition) is 6. The van der Waals surface area contributed by atoms with Gasteiger partial charge in [0.25, 0.3) is 0 Å². The maximum atomic E-state index is 12.6. The van der Waals surface area contributed by atoms with Crippen molar-refractivity contribution in [2.45, 2.75) is 37.8 Å². The molecule has 1 fully saturated rings. The van der Waals surface area contributed by atoms with E-state index in [9.17, 15) is 4.79 Å². The number of nitrogens with zero attached hydrogens (tertiary/aromatic N) is 4. The van der Waals surface area contributed by atoms with Crippen molar-refractivity contribution in [3.63, 3.8) is 0 Å². The predicted molar refractivity (Wildman–Crippen MR) is 93.6 cm³/mol. The van der Waals surface area contributed by atoms with E-state index < -0.39 is 5.60 Å². The van der Waals surface area contributed by atoms with Gasteiger partial charge in [0.2, 0.25) is 11.9 Å². The van der Waals surface area contributed by atoms with Gasteiger partial charge in [-0.05, 0) is 26.2 Å². The second-order valence-electron chi connectivity index (χ2n) is 5.91. The third-order valence-corrected chi connectivity index (χ3v) is 5.09. The van der Waals surface area contributed by atoms with Crippen LogP contribution in [0.2, 0.25) is 0 Å². The fourth-order valence-electron chi connectivity index (χ4n) is 3.28. The Balaban J connectivity index is 2.06. The first-order valence-electron chi connectivity index (χ1n) is 7.26. The van der Waals surface area contributed by atoms with Crippen molar-refractivity contribution in [2.75, 3.05) is 34.5 Å². The molecule has 22 heavy (non-hydrogen) atoms. The summed E-state index contributed by atoms with van der Waals surface area (Å²) in [6.45, 7) is 1.88. The standard InChI is InChI=1S/C14H20IN5O2/c1-8-9-11(18-13(16-8)20(3)15)19(2)10(12(21)17-9)14(22-4)6-5-7-14/h10H,5-7H2,1-4H3,(H,17,21)/t10-/m1/s1. The molecule has 1 aromatic heterocycles. The van der Waals surface area contributed by atoms with Crippen molar-refractivity contribution >= 4 is 46.2 Å². The number of fused-ring (bicyclic) bond motifs is 1. The van der Waals surface area contributed by atoms with Crippen LogP contribution in [0.3, 0.4) is 0 Å². The van der Waals surface area contributed by atoms with Gasteiger partial charge in [-0.1, -0.05) is 0 Å². The summed E-state index contributed by atoms with van der Waals surface area (Å²) in [7, 11) is 5.49. The number of methoxy groups -OCH3 is 1. The Labute approximate surface area is 143 Å². The molecule has 0 saturated heterocycles. The molecule has 0 bridgehead atoms. The Morgan fingerprint density at radius 2 is 2.14 bits per heavy atom. The van der Waals surface area contributed by atoms with Crippen molar-refractivity contribution in [3.05, 3.63) is 5.69 Å². The molecule has 0 spiro atoms. The van der Waals surface area contributed by atoms with E-state index in [-0.39, 0.29) is 11.9 Å². The largest absolute Gasteiger partial charge is 0.376 e. The van der Waals surface area contributed by atoms with Gasteiger partial charge in [-0.3, -0.25) is 7.91 Å². The molecule has 120 valence electrons. The fraction of sp³-hybridized carbons (Fsp3) is 0.643. The highest BCUT2D eigenvalue weighted by molar-refractivity contribution is 14.1. The number of aromatic nitrogens is 2. The summed E-state index contributed by atoms with van der Waals surface area (Å²) in [5, 5.41) is 2.98. The molecule has 0 aromatic carbocycles. The van der Waals surface area contributed by atoms with Crippen LogP contribution in [0.15, 0.2) is 0 Å². The number of hydrogen-bond donors (Lipinski definition) is 1. The van der Waals surface area contributed by atoms with Gasteiger partial charge >= 0.3 is 0 Å². The summed E-state index contributed by atoms with van der Waals surface area (Å²) >= 11 is 2.14. The Kier molecular flexibility index (Phi) is 3.92. The quantitative estimate of drug-likeness (QED) is 0.599. The first-order valence-corrected chi connectivity index (χ1v) is 8.23. The number of nitrogens with one attached hydrogen (secondary N) is 1. The Hall–Kier alpha value is -1.16. The third kappa shape index (κ3) is 2.23. The van der Waals surface area contributed by atoms with E-state index in [1.807, 2.05) is 29.0 Å². The fourth-order valence-corrected chi connectivity index (χ4v) is 3.49. The lowest BCUT2D eigenvalue weighted by molar-refractivity contribution is -0.135. The van der Waals surface area contributed by atoms with E-state index in [0.717, 1.165) is 30.8 Å². The van der Waals surface area contributed by atoms with Crippen molar-refractivity contribution in [1.29, 1.82) is 0 Å². The van der Waals surface area contributed by atoms with Crippen LogP contribution in [-0.4, -0.2) is 48.7 Å². The normalized spacial score (nSPS) is 22.7. The van der Waals surface area contributed by atoms with Crippen molar-refractivity contribution in [2.24, 2.45) is 0 Å². The van der Waals surface area contributed by atoms with Gasteiger partial charge in [-0.2, -0.15) is 4.98 Å². The number of amides is 1. The number of likely N-dealkylation sites (N-methyl/N-ethyl adjacent to an activating group) is 1. The predicted octanol–water partition coefficient (Wildman–Crippen LogP) is 1.90. The molecule has 0 radical (unpaired) electrons. The van der Waals surface area contributed by atoms with Crippen LogP contribution >= 0.6 is 22.9 Å². The Morgan fingerprint density at radius 1 is 1.45 bits per heavy atom. The molecule has 1 N–H and O–H groups in total. The highest BCUT2D eigenvalue weighted by Crippen LogP contribution is 2.44. The molecular weight excluding hydrogens is 397 g/mol. The van der Waals surface area contributed by atoms with Gasteiger partial charge in [0.05, 0.1) is 34.2 Å². The molecule has 1 amide bonds. The van der Waals surface area contributed by atoms with E-state index in [4.69, 9.17) is 4.74 Å². The van der Waals surface area contributed by atoms with E-state index in [2.05, 4.69) is 38.1 Å². The summed E-state index contributed by atoms with van der Waals surface area (Å²) in [6, 6.07) is -0.361. The van der Waals surface area contributed by atoms with Crippen molar-refractivity contribution in [1.82, 2.24) is 9.97 Å². The zero-order valence-corrected chi connectivity index (χ0v) is 15.3. The smallest absolute Gasteiger partial charge is 0.250 e. The molecule has 1 aliphatic carbocycles. The monoisotopic (exact) mass is 417 g/mol. The second-order valence-corrected chi connectivity index (χ2v) is 7.36. The van der Waals surface area contributed by atoms with Gasteiger partial charge in [0.15, 0.2) is 5.82 Å². The van der Waals surface area contributed by atoms with Crippen LogP contribution in [0.25, 0.3) is 0 Å². The highest BCUT2D eigenvalue weighted by Gasteiger charge is 2.52. The van der Waals surface area contributed by atoms with Gasteiger partial charge in [-0.15, -0.1) is 0 Å². The van der Waals surface area contributed by atoms with Gasteiger partial charge in [0.1, 0.15) is 11.7 Å². The maximum absolute atomic E-state index is 12.6. The number of aryl methyl sites for hydroxylation is 1. The molecule has 2 aliphatic rings. The lowest BCUT2D eigenvalue weighted by Gasteiger charge is -2.50. The van der Waals surface area contributed by atoms with Crippen molar-refractivity contribution < 1.29 is 9.53 Å². The van der Waals surface area contributed by atoms with Gasteiger partial charge < -0.3 is 15.0 Å². The number of anilines is 3. The Bertz CT molecular complexity index is 612. The lowest BCUT2D eigenvalue weighted by Crippen LogP contribution is -2.64. The lowest BCUT2D eigenvalue weighted by atomic mass is 9.73. The average Bonchev–Trinajstić information content (AvgIpc) is 2.42. The number of halogens is 1. The van der Waals surface area contributed by atoms with Crippen LogP contribution in [0.5, 0.6) is 0 Å². The SMILES string of the molecule is COC1([C@H]2C(=O)Nc3c(C)nc(N(C)I)nc3N2C)CCC1. The topological polar surface area (TPSA) is 70.6 Å². The number of rotatable bonds is 3. The molecule has 2 heterocycles. The summed E-state index contributed by atoms with van der Waals surface area (Å²) < 4.78 is 7.55. The first kappa shape index (κ1) is 15.7. The average molecular weight is 417 g/mol. The minimum Gasteiger partial charge on any atom is -0.376 e. The number of carbonyl (C=O) groups excluding carboxylic acids is 1. The number of ether oxygens (including phenoxy) is 1. The van der Waals surface area contributed by atoms with Crippen LogP contribution in [0.4, 0.5) is 17.5 Å². The molecular formula is C14H20IN5O2. The summed E-state index contributed by atoms with van der Waals surface area (Å²) in [5.74, 6) is 1.33. The third-order valence-electron chi connectivity index (χ3n) is 4.66. The van der Waals surface area contributed by atoms with E-state index in [1.54, 1.807) is 7.11 Å². The molecule has 8 heteroatoms. The summed E-state index contributed by atoms with van der Waals surface area (Å²) in [4.78, 5) is 23.6. The van der Waals surface area contributed by atoms with E-state index >= 15 is 0 Å². The molecule has 7 nitrogen and oxygen atoms in total. The molecule has 1 aliphatic heterocycles. The molecule has 3 rings (SSSR count). The van der Waals surface area contributed by atoms with E-state index in [0.29, 0.717) is 11.6 Å². The Morgan fingerprint density at radius 3 is 2.64 bits per heavy atom. The molecule has 0 unspecified atom stereocenters. The first-order chi connectivity index (χ1) is 10.4. The summed E-state index contributed by atoms with van der Waals surface area (Å²) in [6.07, 6.45) is 2.87. The molecule has 1 aromatic rings. The van der Waals surface area contributed by atoms with Crippen LogP contribution < -0.4 is 13.3 Å². The minimum atomic E-state index is -0.411. The highest BCUT2D eigenvalue weighted by atomic mass is 127. The van der Waals surface area contributed by atoms with E-state index in [1.165, 1.54) is 0 Å². The van der Waals surface area contributed by atoms with Gasteiger partial charge in [0, 0.05) is 21.2 Å².